The number of nitrogens with zero attached hydrogens (tertiary/aromatic N) is 1. The zero-order valence-corrected chi connectivity index (χ0v) is 20.4. The zero-order valence-electron chi connectivity index (χ0n) is 18.8. The van der Waals surface area contributed by atoms with Gasteiger partial charge < -0.3 is 5.32 Å². The molecule has 0 bridgehead atoms. The number of likely N-dealkylation sites (tertiary alicyclic amines) is 1. The second kappa shape index (κ2) is 9.26. The maximum absolute atomic E-state index is 13.4. The van der Waals surface area contributed by atoms with Crippen molar-refractivity contribution < 1.29 is 16.8 Å². The Balaban J connectivity index is 1.35. The Morgan fingerprint density at radius 3 is 2.35 bits per heavy atom. The molecule has 6 nitrogen and oxygen atoms in total. The van der Waals surface area contributed by atoms with Crippen LogP contribution in [0, 0.1) is 0 Å². The minimum Gasteiger partial charge on any atom is -0.309 e. The fourth-order valence-electron chi connectivity index (χ4n) is 5.01. The first kappa shape index (κ1) is 23.2. The van der Waals surface area contributed by atoms with Crippen molar-refractivity contribution in [3.63, 3.8) is 0 Å². The third-order valence-corrected chi connectivity index (χ3v) is 10.8. The molecule has 0 aromatic heterocycles. The van der Waals surface area contributed by atoms with Gasteiger partial charge in [-0.25, -0.2) is 16.8 Å². The minimum absolute atomic E-state index is 0.147. The molecule has 1 fully saturated rings. The van der Waals surface area contributed by atoms with Gasteiger partial charge in [-0.2, -0.15) is 0 Å². The molecule has 0 spiro atoms. The number of hydrogen-bond donors (Lipinski definition) is 1. The average molecular weight is 497 g/mol. The Hall–Kier alpha value is -2.52. The molecular formula is C26H28N2O4S2. The minimum atomic E-state index is -3.84. The molecular weight excluding hydrogens is 468 g/mol. The molecule has 2 heterocycles. The van der Waals surface area contributed by atoms with Gasteiger partial charge in [0.1, 0.15) is 5.25 Å². The van der Waals surface area contributed by atoms with Gasteiger partial charge in [0.15, 0.2) is 19.7 Å². The second-order valence-electron chi connectivity index (χ2n) is 9.04. The van der Waals surface area contributed by atoms with Gasteiger partial charge in [-0.1, -0.05) is 60.7 Å². The monoisotopic (exact) mass is 496 g/mol. The summed E-state index contributed by atoms with van der Waals surface area (Å²) in [6.07, 6.45) is 0.992. The van der Waals surface area contributed by atoms with Crippen LogP contribution in [0.25, 0.3) is 0 Å². The maximum Gasteiger partial charge on any atom is 0.186 e. The molecule has 1 saturated heterocycles. The highest BCUT2D eigenvalue weighted by Gasteiger charge is 2.44. The number of rotatable bonds is 7. The van der Waals surface area contributed by atoms with Crippen LogP contribution in [0.1, 0.15) is 28.4 Å². The van der Waals surface area contributed by atoms with Crippen LogP contribution in [-0.2, 0) is 32.8 Å². The van der Waals surface area contributed by atoms with E-state index in [0.29, 0.717) is 12.1 Å². The van der Waals surface area contributed by atoms with E-state index in [-0.39, 0.29) is 15.8 Å². The van der Waals surface area contributed by atoms with Gasteiger partial charge in [0.25, 0.3) is 0 Å². The van der Waals surface area contributed by atoms with Crippen LogP contribution >= 0.6 is 0 Å². The fourth-order valence-corrected chi connectivity index (χ4v) is 9.43. The third-order valence-electron chi connectivity index (χ3n) is 6.73. The summed E-state index contributed by atoms with van der Waals surface area (Å²) in [5.74, 6) is -0.412. The summed E-state index contributed by atoms with van der Waals surface area (Å²) in [4.78, 5) is 2.70. The van der Waals surface area contributed by atoms with E-state index in [0.717, 1.165) is 31.6 Å². The third kappa shape index (κ3) is 4.55. The Labute approximate surface area is 201 Å². The van der Waals surface area contributed by atoms with Crippen molar-refractivity contribution in [2.75, 3.05) is 18.8 Å². The Morgan fingerprint density at radius 1 is 0.912 bits per heavy atom. The molecule has 0 aliphatic carbocycles. The molecule has 0 radical (unpaired) electrons. The van der Waals surface area contributed by atoms with Crippen LogP contribution in [0.5, 0.6) is 0 Å². The predicted octanol–water partition coefficient (Wildman–Crippen LogP) is 3.35. The van der Waals surface area contributed by atoms with Gasteiger partial charge in [0, 0.05) is 32.2 Å². The lowest BCUT2D eigenvalue weighted by molar-refractivity contribution is 0.320. The summed E-state index contributed by atoms with van der Waals surface area (Å²) < 4.78 is 52.6. The molecule has 34 heavy (non-hydrogen) atoms. The van der Waals surface area contributed by atoms with Crippen LogP contribution in [0.2, 0.25) is 0 Å². The van der Waals surface area contributed by atoms with Crippen molar-refractivity contribution >= 4 is 19.7 Å². The van der Waals surface area contributed by atoms with Gasteiger partial charge in [0.05, 0.1) is 15.5 Å². The van der Waals surface area contributed by atoms with E-state index < -0.39 is 30.7 Å². The average Bonchev–Trinajstić information content (AvgIpc) is 3.41. The first-order valence-electron chi connectivity index (χ1n) is 11.5. The Kier molecular flexibility index (Phi) is 6.33. The summed E-state index contributed by atoms with van der Waals surface area (Å²) >= 11 is 0. The quantitative estimate of drug-likeness (QED) is 0.540. The molecule has 2 aliphatic heterocycles. The standard InChI is InChI=1S/C26H28N2O4S2/c29-33(30)19-25(34(31,32)23-11-5-2-6-12-23)26-21(10-7-13-24(26)33)16-27-22-14-15-28(18-22)17-20-8-3-1-4-9-20/h1-13,22,25,27H,14-19H2/t22-,25?/m0/s1. The van der Waals surface area contributed by atoms with Crippen LogP contribution in [0.4, 0.5) is 0 Å². The number of fused-ring (bicyclic) bond motifs is 1. The molecule has 2 atom stereocenters. The van der Waals surface area contributed by atoms with Crippen molar-refractivity contribution in [1.82, 2.24) is 10.2 Å². The first-order valence-corrected chi connectivity index (χ1v) is 14.7. The van der Waals surface area contributed by atoms with Crippen molar-refractivity contribution in [3.8, 4) is 0 Å². The molecule has 3 aromatic rings. The van der Waals surface area contributed by atoms with E-state index >= 15 is 0 Å². The summed E-state index contributed by atoms with van der Waals surface area (Å²) in [6, 6.07) is 23.8. The van der Waals surface area contributed by atoms with Gasteiger partial charge in [-0.05, 0) is 41.3 Å². The molecule has 1 N–H and O–H groups in total. The summed E-state index contributed by atoms with van der Waals surface area (Å²) in [5, 5.41) is 2.46. The zero-order chi connectivity index (χ0) is 23.8. The molecule has 3 aromatic carbocycles. The fraction of sp³-hybridized carbons (Fsp3) is 0.308. The second-order valence-corrected chi connectivity index (χ2v) is 13.2. The van der Waals surface area contributed by atoms with Crippen LogP contribution in [-0.4, -0.2) is 46.6 Å². The number of nitrogens with one attached hydrogen (secondary N) is 1. The molecule has 178 valence electrons. The van der Waals surface area contributed by atoms with Gasteiger partial charge in [0.2, 0.25) is 0 Å². The van der Waals surface area contributed by atoms with Crippen LogP contribution in [0.3, 0.4) is 0 Å². The van der Waals surface area contributed by atoms with Crippen molar-refractivity contribution in [3.05, 3.63) is 95.6 Å². The van der Waals surface area contributed by atoms with Gasteiger partial charge in [-0.15, -0.1) is 0 Å². The largest absolute Gasteiger partial charge is 0.309 e. The Bertz CT molecular complexity index is 1370. The van der Waals surface area contributed by atoms with E-state index in [1.165, 1.54) is 23.8 Å². The lowest BCUT2D eigenvalue weighted by Gasteiger charge is -2.19. The topological polar surface area (TPSA) is 83.5 Å². The van der Waals surface area contributed by atoms with Crippen LogP contribution < -0.4 is 5.32 Å². The van der Waals surface area contributed by atoms with Gasteiger partial charge in [-0.3, -0.25) is 4.90 Å². The highest BCUT2D eigenvalue weighted by atomic mass is 32.2. The SMILES string of the molecule is O=S1(=O)CC(S(=O)(=O)c2ccccc2)c2c(CN[C@H]3CCN(Cc4ccccc4)C3)cccc21. The lowest BCUT2D eigenvalue weighted by atomic mass is 10.0. The highest BCUT2D eigenvalue weighted by molar-refractivity contribution is 7.96. The van der Waals surface area contributed by atoms with E-state index in [9.17, 15) is 16.8 Å². The molecule has 1 unspecified atom stereocenters. The maximum atomic E-state index is 13.4. The normalized spacial score (nSPS) is 22.0. The van der Waals surface area contributed by atoms with Crippen molar-refractivity contribution in [1.29, 1.82) is 0 Å². The molecule has 5 rings (SSSR count). The molecule has 0 amide bonds. The predicted molar refractivity (Wildman–Crippen MR) is 132 cm³/mol. The van der Waals surface area contributed by atoms with E-state index in [1.54, 1.807) is 24.3 Å². The highest BCUT2D eigenvalue weighted by Crippen LogP contribution is 2.42. The van der Waals surface area contributed by atoms with Gasteiger partial charge >= 0.3 is 0 Å². The summed E-state index contributed by atoms with van der Waals surface area (Å²) in [5.41, 5.74) is 2.45. The number of sulfone groups is 2. The van der Waals surface area contributed by atoms with Crippen LogP contribution in [0.15, 0.2) is 88.7 Å². The Morgan fingerprint density at radius 2 is 1.62 bits per heavy atom. The van der Waals surface area contributed by atoms with E-state index in [4.69, 9.17) is 0 Å². The number of benzene rings is 3. The summed E-state index contributed by atoms with van der Waals surface area (Å²) in [7, 11) is -7.51. The smallest absolute Gasteiger partial charge is 0.186 e. The molecule has 0 saturated carbocycles. The van der Waals surface area contributed by atoms with Crippen molar-refractivity contribution in [2.45, 2.75) is 40.6 Å². The first-order chi connectivity index (χ1) is 16.3. The van der Waals surface area contributed by atoms with E-state index in [2.05, 4.69) is 22.3 Å². The molecule has 2 aliphatic rings. The van der Waals surface area contributed by atoms with Crippen molar-refractivity contribution in [2.24, 2.45) is 0 Å². The number of hydrogen-bond acceptors (Lipinski definition) is 6. The van der Waals surface area contributed by atoms with E-state index in [1.807, 2.05) is 24.3 Å². The molecule has 8 heteroatoms. The summed E-state index contributed by atoms with van der Waals surface area (Å²) in [6.45, 7) is 3.21. The lowest BCUT2D eigenvalue weighted by Crippen LogP contribution is -2.32.